The Labute approximate surface area is 148 Å². The highest BCUT2D eigenvalue weighted by molar-refractivity contribution is 6.18. The van der Waals surface area contributed by atoms with E-state index in [0.29, 0.717) is 13.1 Å². The van der Waals surface area contributed by atoms with E-state index in [-0.39, 0.29) is 6.03 Å². The molecule has 1 aliphatic heterocycles. The van der Waals surface area contributed by atoms with Crippen LogP contribution in [0.25, 0.3) is 0 Å². The smallest absolute Gasteiger partial charge is 0.318 e. The summed E-state index contributed by atoms with van der Waals surface area (Å²) in [5, 5.41) is 9.37. The zero-order chi connectivity index (χ0) is 18.0. The number of amides is 2. The van der Waals surface area contributed by atoms with Crippen LogP contribution in [0.3, 0.4) is 0 Å². The fraction of sp³-hybridized carbons (Fsp3) is 0.300. The largest absolute Gasteiger partial charge is 0.344 e. The summed E-state index contributed by atoms with van der Waals surface area (Å²) in [5.74, 6) is 0. The molecule has 1 aliphatic rings. The average Bonchev–Trinajstić information content (AvgIpc) is 2.70. The van der Waals surface area contributed by atoms with Crippen LogP contribution < -0.4 is 10.2 Å². The maximum atomic E-state index is 12.8. The van der Waals surface area contributed by atoms with Gasteiger partial charge in [0, 0.05) is 24.7 Å². The second-order valence-corrected chi connectivity index (χ2v) is 6.40. The highest BCUT2D eigenvalue weighted by atomic mass is 16.2. The van der Waals surface area contributed by atoms with Gasteiger partial charge in [0.2, 0.25) is 0 Å². The molecule has 2 amide bonds. The van der Waals surface area contributed by atoms with E-state index in [9.17, 15) is 4.79 Å². The standard InChI is InChI=1S/C20H24N4O/c1-14-5-8-16(9-6-14)19-17-13-15(2)7-10-18(17)23(4)20(25)24(22-19)12-11-21-3/h5-10,13,21H,11-12H2,1-4H3. The molecule has 2 aromatic rings. The van der Waals surface area contributed by atoms with E-state index < -0.39 is 0 Å². The van der Waals surface area contributed by atoms with Crippen LogP contribution in [0.15, 0.2) is 47.6 Å². The molecule has 1 N–H and O–H groups in total. The highest BCUT2D eigenvalue weighted by Gasteiger charge is 2.27. The van der Waals surface area contributed by atoms with Gasteiger partial charge in [-0.1, -0.05) is 41.5 Å². The summed E-state index contributed by atoms with van der Waals surface area (Å²) in [6, 6.07) is 14.3. The van der Waals surface area contributed by atoms with Crippen molar-refractivity contribution in [2.75, 3.05) is 32.1 Å². The van der Waals surface area contributed by atoms with Crippen LogP contribution in [0.2, 0.25) is 0 Å². The van der Waals surface area contributed by atoms with Crippen molar-refractivity contribution >= 4 is 17.4 Å². The minimum absolute atomic E-state index is 0.123. The molecule has 0 atom stereocenters. The number of nitrogens with zero attached hydrogens (tertiary/aromatic N) is 3. The summed E-state index contributed by atoms with van der Waals surface area (Å²) in [5.41, 5.74) is 6.03. The van der Waals surface area contributed by atoms with Gasteiger partial charge < -0.3 is 5.32 Å². The Morgan fingerprint density at radius 1 is 1.04 bits per heavy atom. The van der Waals surface area contributed by atoms with Crippen LogP contribution in [0, 0.1) is 13.8 Å². The molecule has 130 valence electrons. The van der Waals surface area contributed by atoms with Gasteiger partial charge in [-0.3, -0.25) is 4.90 Å². The van der Waals surface area contributed by atoms with Gasteiger partial charge in [0.1, 0.15) is 5.71 Å². The number of aryl methyl sites for hydroxylation is 2. The molecule has 0 fully saturated rings. The Kier molecular flexibility index (Phi) is 4.86. The summed E-state index contributed by atoms with van der Waals surface area (Å²) in [6.07, 6.45) is 0. The lowest BCUT2D eigenvalue weighted by atomic mass is 9.98. The molecule has 1 heterocycles. The zero-order valence-corrected chi connectivity index (χ0v) is 15.2. The van der Waals surface area contributed by atoms with Crippen molar-refractivity contribution in [3.63, 3.8) is 0 Å². The lowest BCUT2D eigenvalue weighted by Crippen LogP contribution is -2.40. The number of urea groups is 1. The Bertz CT molecular complexity index is 811. The first-order valence-corrected chi connectivity index (χ1v) is 8.47. The SMILES string of the molecule is CNCCN1N=C(c2ccc(C)cc2)c2cc(C)ccc2N(C)C1=O. The van der Waals surface area contributed by atoms with Gasteiger partial charge >= 0.3 is 6.03 Å². The second-order valence-electron chi connectivity index (χ2n) is 6.40. The molecule has 0 aliphatic carbocycles. The van der Waals surface area contributed by atoms with Crippen LogP contribution >= 0.6 is 0 Å². The topological polar surface area (TPSA) is 47.9 Å². The van der Waals surface area contributed by atoms with Crippen LogP contribution in [-0.2, 0) is 0 Å². The zero-order valence-electron chi connectivity index (χ0n) is 15.2. The number of carbonyl (C=O) groups is 1. The quantitative estimate of drug-likeness (QED) is 0.932. The first-order chi connectivity index (χ1) is 12.0. The maximum absolute atomic E-state index is 12.8. The minimum Gasteiger partial charge on any atom is -0.318 e. The predicted octanol–water partition coefficient (Wildman–Crippen LogP) is 3.15. The number of hydrogen-bond acceptors (Lipinski definition) is 3. The molecule has 0 saturated heterocycles. The monoisotopic (exact) mass is 336 g/mol. The Balaban J connectivity index is 2.18. The number of hydrogen-bond donors (Lipinski definition) is 1. The lowest BCUT2D eigenvalue weighted by Gasteiger charge is -2.22. The molecule has 5 nitrogen and oxygen atoms in total. The molecule has 0 aromatic heterocycles. The van der Waals surface area contributed by atoms with Crippen molar-refractivity contribution in [3.05, 3.63) is 64.7 Å². The summed E-state index contributed by atoms with van der Waals surface area (Å²) in [4.78, 5) is 14.5. The van der Waals surface area contributed by atoms with Crippen LogP contribution in [0.1, 0.15) is 22.3 Å². The molecule has 0 bridgehead atoms. The van der Waals surface area contributed by atoms with Gasteiger partial charge in [0.05, 0.1) is 12.2 Å². The van der Waals surface area contributed by atoms with E-state index >= 15 is 0 Å². The Morgan fingerprint density at radius 2 is 1.72 bits per heavy atom. The highest BCUT2D eigenvalue weighted by Crippen LogP contribution is 2.28. The van der Waals surface area contributed by atoms with Gasteiger partial charge in [0.25, 0.3) is 0 Å². The van der Waals surface area contributed by atoms with Gasteiger partial charge in [0.15, 0.2) is 0 Å². The number of rotatable bonds is 4. The van der Waals surface area contributed by atoms with Crippen molar-refractivity contribution < 1.29 is 4.79 Å². The first kappa shape index (κ1) is 17.2. The molecule has 2 aromatic carbocycles. The first-order valence-electron chi connectivity index (χ1n) is 8.47. The predicted molar refractivity (Wildman–Crippen MR) is 102 cm³/mol. The molecule has 0 radical (unpaired) electrons. The molecule has 0 spiro atoms. The van der Waals surface area contributed by atoms with Crippen molar-refractivity contribution in [1.29, 1.82) is 0 Å². The molecule has 0 saturated carbocycles. The van der Waals surface area contributed by atoms with Crippen molar-refractivity contribution in [2.24, 2.45) is 5.10 Å². The third-order valence-corrected chi connectivity index (χ3v) is 4.40. The summed E-state index contributed by atoms with van der Waals surface area (Å²) in [7, 11) is 3.67. The molecule has 3 rings (SSSR count). The number of likely N-dealkylation sites (N-methyl/N-ethyl adjacent to an activating group) is 1. The molecular formula is C20H24N4O. The van der Waals surface area contributed by atoms with Gasteiger partial charge in [-0.05, 0) is 33.0 Å². The Morgan fingerprint density at radius 3 is 2.40 bits per heavy atom. The minimum atomic E-state index is -0.123. The number of hydrazone groups is 1. The molecule has 25 heavy (non-hydrogen) atoms. The van der Waals surface area contributed by atoms with E-state index in [1.54, 1.807) is 17.0 Å². The third kappa shape index (κ3) is 3.42. The Hall–Kier alpha value is -2.66. The second kappa shape index (κ2) is 7.07. The van der Waals surface area contributed by atoms with Crippen LogP contribution in [0.4, 0.5) is 10.5 Å². The van der Waals surface area contributed by atoms with E-state index in [2.05, 4.69) is 49.5 Å². The third-order valence-electron chi connectivity index (χ3n) is 4.40. The number of benzene rings is 2. The van der Waals surface area contributed by atoms with Crippen LogP contribution in [-0.4, -0.2) is 43.9 Å². The summed E-state index contributed by atoms with van der Waals surface area (Å²) < 4.78 is 0. The van der Waals surface area contributed by atoms with Crippen molar-refractivity contribution in [1.82, 2.24) is 10.3 Å². The number of anilines is 1. The van der Waals surface area contributed by atoms with E-state index in [4.69, 9.17) is 5.10 Å². The van der Waals surface area contributed by atoms with Gasteiger partial charge in [-0.25, -0.2) is 9.80 Å². The lowest BCUT2D eigenvalue weighted by molar-refractivity contribution is 0.209. The van der Waals surface area contributed by atoms with Crippen molar-refractivity contribution in [2.45, 2.75) is 13.8 Å². The number of fused-ring (bicyclic) bond motifs is 1. The van der Waals surface area contributed by atoms with E-state index in [0.717, 1.165) is 28.1 Å². The fourth-order valence-corrected chi connectivity index (χ4v) is 2.91. The van der Waals surface area contributed by atoms with E-state index in [1.807, 2.05) is 19.2 Å². The fourth-order valence-electron chi connectivity index (χ4n) is 2.91. The van der Waals surface area contributed by atoms with E-state index in [1.165, 1.54) is 5.56 Å². The summed E-state index contributed by atoms with van der Waals surface area (Å²) in [6.45, 7) is 5.31. The molecule has 5 heteroatoms. The average molecular weight is 336 g/mol. The van der Waals surface area contributed by atoms with Gasteiger partial charge in [-0.2, -0.15) is 5.10 Å². The maximum Gasteiger partial charge on any atom is 0.344 e. The number of carbonyl (C=O) groups excluding carboxylic acids is 1. The molecule has 0 unspecified atom stereocenters. The van der Waals surface area contributed by atoms with Gasteiger partial charge in [-0.15, -0.1) is 0 Å². The molecular weight excluding hydrogens is 312 g/mol. The van der Waals surface area contributed by atoms with Crippen molar-refractivity contribution in [3.8, 4) is 0 Å². The summed E-state index contributed by atoms with van der Waals surface area (Å²) >= 11 is 0. The number of nitrogens with one attached hydrogen (secondary N) is 1. The normalized spacial score (nSPS) is 14.2. The van der Waals surface area contributed by atoms with Crippen LogP contribution in [0.5, 0.6) is 0 Å².